The van der Waals surface area contributed by atoms with Crippen LogP contribution in [0.15, 0.2) is 0 Å². The second-order valence-corrected chi connectivity index (χ2v) is 11.6. The van der Waals surface area contributed by atoms with Crippen LogP contribution in [0.4, 0.5) is 0 Å². The summed E-state index contributed by atoms with van der Waals surface area (Å²) >= 11 is -0.792. The van der Waals surface area contributed by atoms with Gasteiger partial charge in [-0.15, -0.1) is 0 Å². The summed E-state index contributed by atoms with van der Waals surface area (Å²) in [7, 11) is 0. The van der Waals surface area contributed by atoms with Gasteiger partial charge in [0.25, 0.3) is 0 Å². The summed E-state index contributed by atoms with van der Waals surface area (Å²) < 4.78 is 1.20. The van der Waals surface area contributed by atoms with Crippen LogP contribution in [-0.2, 0) is 0 Å². The molecule has 1 aliphatic rings. The van der Waals surface area contributed by atoms with Crippen LogP contribution >= 0.6 is 0 Å². The Labute approximate surface area is 82.3 Å². The van der Waals surface area contributed by atoms with Crippen LogP contribution in [0, 0.1) is 0 Å². The van der Waals surface area contributed by atoms with Gasteiger partial charge in [0.05, 0.1) is 0 Å². The fourth-order valence-corrected chi connectivity index (χ4v) is 10.5. The van der Waals surface area contributed by atoms with E-state index in [2.05, 4.69) is 19.2 Å². The molecule has 1 N–H and O–H groups in total. The summed E-state index contributed by atoms with van der Waals surface area (Å²) in [6.07, 6.45) is 4.41. The molecule has 2 heteroatoms. The Kier molecular flexibility index (Phi) is 5.44. The van der Waals surface area contributed by atoms with Gasteiger partial charge in [0.15, 0.2) is 0 Å². The molecule has 0 aromatic heterocycles. The fourth-order valence-electron chi connectivity index (χ4n) is 2.46. The molecule has 0 aromatic carbocycles. The summed E-state index contributed by atoms with van der Waals surface area (Å²) in [5.41, 5.74) is 0. The van der Waals surface area contributed by atoms with E-state index in [4.69, 9.17) is 0 Å². The van der Waals surface area contributed by atoms with Crippen LogP contribution in [0.25, 0.3) is 0 Å². The van der Waals surface area contributed by atoms with E-state index in [0.29, 0.717) is 0 Å². The molecular formula is C10H22GaN. The Balaban J connectivity index is 2.29. The number of nitrogens with one attached hydrogen (secondary N) is 1. The Hall–Kier alpha value is 0.596. The van der Waals surface area contributed by atoms with Crippen molar-refractivity contribution in [2.45, 2.75) is 47.5 Å². The summed E-state index contributed by atoms with van der Waals surface area (Å²) in [6.45, 7) is 7.41. The van der Waals surface area contributed by atoms with Crippen molar-refractivity contribution in [3.63, 3.8) is 0 Å². The number of rotatable bonds is 4. The van der Waals surface area contributed by atoms with Crippen molar-refractivity contribution < 1.29 is 0 Å². The maximum absolute atomic E-state index is 3.48. The van der Waals surface area contributed by atoms with Gasteiger partial charge >= 0.3 is 82.2 Å². The van der Waals surface area contributed by atoms with Crippen molar-refractivity contribution in [1.29, 1.82) is 0 Å². The summed E-state index contributed by atoms with van der Waals surface area (Å²) in [6, 6.07) is 0. The fraction of sp³-hybridized carbons (Fsp3) is 1.00. The monoisotopic (exact) mass is 225 g/mol. The molecule has 1 unspecified atom stereocenters. The van der Waals surface area contributed by atoms with Crippen molar-refractivity contribution in [2.24, 2.45) is 0 Å². The minimum atomic E-state index is -0.792. The van der Waals surface area contributed by atoms with Gasteiger partial charge in [0.2, 0.25) is 0 Å². The van der Waals surface area contributed by atoms with E-state index in [-0.39, 0.29) is 0 Å². The van der Waals surface area contributed by atoms with E-state index in [1.165, 1.54) is 36.8 Å². The Morgan fingerprint density at radius 3 is 2.42 bits per heavy atom. The van der Waals surface area contributed by atoms with Crippen molar-refractivity contribution in [3.05, 3.63) is 0 Å². The van der Waals surface area contributed by atoms with Gasteiger partial charge in [-0.2, -0.15) is 0 Å². The molecule has 1 rings (SSSR count). The van der Waals surface area contributed by atoms with Crippen LogP contribution in [-0.4, -0.2) is 29.3 Å². The first kappa shape index (κ1) is 10.7. The van der Waals surface area contributed by atoms with Gasteiger partial charge in [0.1, 0.15) is 0 Å². The molecule has 1 nitrogen and oxygen atoms in total. The first-order valence-corrected chi connectivity index (χ1v) is 10.4. The maximum atomic E-state index is 3.48. The number of hydrogen-bond acceptors (Lipinski definition) is 1. The third kappa shape index (κ3) is 3.15. The van der Waals surface area contributed by atoms with Crippen LogP contribution in [0.1, 0.15) is 33.1 Å². The van der Waals surface area contributed by atoms with E-state index >= 15 is 0 Å². The second-order valence-electron chi connectivity index (χ2n) is 4.04. The van der Waals surface area contributed by atoms with E-state index in [0.717, 1.165) is 0 Å². The summed E-state index contributed by atoms with van der Waals surface area (Å²) in [4.78, 5) is 3.21. The summed E-state index contributed by atoms with van der Waals surface area (Å²) in [5, 5.41) is 3.48. The standard InChI is InChI=1S/C6H13.C4H9N.Ga/c1-3-5-6-4-2;1-3-5-4-2;/h5H,3-4,6H2,1-2H3;5H,1-4H2;. The molecule has 12 heavy (non-hydrogen) atoms. The van der Waals surface area contributed by atoms with Gasteiger partial charge < -0.3 is 0 Å². The Morgan fingerprint density at radius 2 is 1.92 bits per heavy atom. The molecule has 1 fully saturated rings. The molecule has 1 saturated heterocycles. The molecule has 0 spiro atoms. The predicted molar refractivity (Wildman–Crippen MR) is 57.2 cm³/mol. The van der Waals surface area contributed by atoms with E-state index in [1.54, 1.807) is 9.95 Å². The average molecular weight is 226 g/mol. The van der Waals surface area contributed by atoms with Crippen LogP contribution in [0.3, 0.4) is 0 Å². The van der Waals surface area contributed by atoms with Crippen molar-refractivity contribution in [3.8, 4) is 0 Å². The average Bonchev–Trinajstić information content (AvgIpc) is 2.15. The molecule has 0 bridgehead atoms. The molecule has 0 saturated carbocycles. The molecule has 1 aliphatic heterocycles. The first-order chi connectivity index (χ1) is 5.88. The molecule has 0 aromatic rings. The molecule has 70 valence electrons. The molecule has 0 radical (unpaired) electrons. The van der Waals surface area contributed by atoms with Crippen LogP contribution in [0.2, 0.25) is 14.4 Å². The zero-order valence-electron chi connectivity index (χ0n) is 8.60. The van der Waals surface area contributed by atoms with Crippen LogP contribution < -0.4 is 5.32 Å². The van der Waals surface area contributed by atoms with E-state index in [9.17, 15) is 0 Å². The van der Waals surface area contributed by atoms with E-state index < -0.39 is 16.2 Å². The zero-order valence-corrected chi connectivity index (χ0v) is 11.0. The zero-order chi connectivity index (χ0) is 8.81. The van der Waals surface area contributed by atoms with Gasteiger partial charge in [-0.25, -0.2) is 0 Å². The first-order valence-electron chi connectivity index (χ1n) is 5.59. The molecular weight excluding hydrogens is 204 g/mol. The summed E-state index contributed by atoms with van der Waals surface area (Å²) in [5.74, 6) is 0. The minimum absolute atomic E-state index is 0.792. The normalized spacial score (nSPS) is 21.0. The predicted octanol–water partition coefficient (Wildman–Crippen LogP) is 2.66. The van der Waals surface area contributed by atoms with Gasteiger partial charge in [-0.1, -0.05) is 0 Å². The van der Waals surface area contributed by atoms with Crippen molar-refractivity contribution in [2.75, 3.05) is 13.1 Å². The third-order valence-electron chi connectivity index (χ3n) is 3.23. The Bertz CT molecular complexity index is 108. The van der Waals surface area contributed by atoms with Crippen molar-refractivity contribution in [1.82, 2.24) is 5.32 Å². The quantitative estimate of drug-likeness (QED) is 0.726. The third-order valence-corrected chi connectivity index (χ3v) is 12.0. The van der Waals surface area contributed by atoms with Crippen LogP contribution in [0.5, 0.6) is 0 Å². The number of hydrogen-bond donors (Lipinski definition) is 1. The molecule has 1 atom stereocenters. The van der Waals surface area contributed by atoms with E-state index in [1.807, 2.05) is 0 Å². The van der Waals surface area contributed by atoms with Gasteiger partial charge in [-0.3, -0.25) is 0 Å². The molecule has 0 aliphatic carbocycles. The Morgan fingerprint density at radius 1 is 1.25 bits per heavy atom. The van der Waals surface area contributed by atoms with Gasteiger partial charge in [0, 0.05) is 0 Å². The molecule has 1 heterocycles. The topological polar surface area (TPSA) is 12.0 Å². The van der Waals surface area contributed by atoms with Crippen molar-refractivity contribution >= 4 is 16.2 Å². The SMILES string of the molecule is CCC[CH](CC)[Ga]1[CH2]CNC[CH2]1. The molecule has 0 amide bonds. The second kappa shape index (κ2) is 6.11. The van der Waals surface area contributed by atoms with Gasteiger partial charge in [-0.05, 0) is 0 Å².